The zero-order valence-corrected chi connectivity index (χ0v) is 18.2. The third-order valence-electron chi connectivity index (χ3n) is 5.31. The predicted octanol–water partition coefficient (Wildman–Crippen LogP) is 3.94. The maximum atomic E-state index is 14.2. The minimum atomic E-state index is -0.102. The molecule has 1 aromatic carbocycles. The Labute approximate surface area is 173 Å². The number of halogens is 2. The van der Waals surface area contributed by atoms with Crippen LogP contribution in [0.15, 0.2) is 29.3 Å². The fourth-order valence-corrected chi connectivity index (χ4v) is 3.68. The van der Waals surface area contributed by atoms with Crippen LogP contribution in [-0.2, 0) is 10.2 Å². The molecule has 0 unspecified atom stereocenters. The van der Waals surface area contributed by atoms with Gasteiger partial charge in [0, 0.05) is 31.7 Å². The molecule has 2 fully saturated rings. The van der Waals surface area contributed by atoms with Gasteiger partial charge in [0.05, 0.1) is 12.6 Å². The lowest BCUT2D eigenvalue weighted by Crippen LogP contribution is -2.47. The normalized spacial score (nSPS) is 19.8. The van der Waals surface area contributed by atoms with Crippen molar-refractivity contribution < 1.29 is 9.13 Å². The van der Waals surface area contributed by atoms with Gasteiger partial charge in [0.15, 0.2) is 5.96 Å². The summed E-state index contributed by atoms with van der Waals surface area (Å²) in [6, 6.07) is 7.15. The Balaban J connectivity index is 0.00000243. The molecule has 4 nitrogen and oxygen atoms in total. The summed E-state index contributed by atoms with van der Waals surface area (Å²) < 4.78 is 19.9. The quantitative estimate of drug-likeness (QED) is 0.385. The van der Waals surface area contributed by atoms with E-state index in [-0.39, 0.29) is 35.2 Å². The van der Waals surface area contributed by atoms with E-state index >= 15 is 0 Å². The van der Waals surface area contributed by atoms with Crippen molar-refractivity contribution in [2.45, 2.75) is 51.0 Å². The third-order valence-corrected chi connectivity index (χ3v) is 5.31. The summed E-state index contributed by atoms with van der Waals surface area (Å²) in [5.41, 5.74) is 0.722. The van der Waals surface area contributed by atoms with Gasteiger partial charge < -0.3 is 15.0 Å². The molecule has 0 radical (unpaired) electrons. The van der Waals surface area contributed by atoms with Crippen LogP contribution in [0.2, 0.25) is 0 Å². The second-order valence-corrected chi connectivity index (χ2v) is 7.07. The van der Waals surface area contributed by atoms with E-state index in [4.69, 9.17) is 9.73 Å². The lowest BCUT2D eigenvalue weighted by molar-refractivity contribution is 0.0263. The molecule has 1 saturated carbocycles. The van der Waals surface area contributed by atoms with Gasteiger partial charge in [0.25, 0.3) is 0 Å². The summed E-state index contributed by atoms with van der Waals surface area (Å²) in [5.74, 6) is 0.859. The topological polar surface area (TPSA) is 36.9 Å². The van der Waals surface area contributed by atoms with Gasteiger partial charge in [0.1, 0.15) is 5.82 Å². The van der Waals surface area contributed by atoms with Gasteiger partial charge in [-0.1, -0.05) is 18.2 Å². The molecule has 0 spiro atoms. The molecule has 1 saturated heterocycles. The number of guanidine groups is 1. The minimum absolute atomic E-state index is 0. The average molecular weight is 475 g/mol. The van der Waals surface area contributed by atoms with Crippen LogP contribution in [0.3, 0.4) is 0 Å². The number of nitrogens with zero attached hydrogens (tertiary/aromatic N) is 2. The highest BCUT2D eigenvalue weighted by Gasteiger charge is 2.46. The van der Waals surface area contributed by atoms with Gasteiger partial charge in [-0.3, -0.25) is 4.99 Å². The average Bonchev–Trinajstić information content (AvgIpc) is 3.41. The van der Waals surface area contributed by atoms with Gasteiger partial charge >= 0.3 is 0 Å². The maximum absolute atomic E-state index is 14.2. The summed E-state index contributed by atoms with van der Waals surface area (Å²) >= 11 is 0. The van der Waals surface area contributed by atoms with Crippen LogP contribution in [0.1, 0.15) is 45.1 Å². The number of piperidine rings is 1. The van der Waals surface area contributed by atoms with Crippen molar-refractivity contribution in [3.8, 4) is 0 Å². The van der Waals surface area contributed by atoms with Gasteiger partial charge in [-0.15, -0.1) is 24.0 Å². The van der Waals surface area contributed by atoms with Crippen LogP contribution in [0.4, 0.5) is 4.39 Å². The van der Waals surface area contributed by atoms with Gasteiger partial charge in [0.2, 0.25) is 0 Å². The molecule has 3 rings (SSSR count). The molecule has 2 aliphatic rings. The first kappa shape index (κ1) is 21.4. The van der Waals surface area contributed by atoms with Crippen LogP contribution < -0.4 is 5.32 Å². The summed E-state index contributed by atoms with van der Waals surface area (Å²) in [7, 11) is 0. The fraction of sp³-hybridized carbons (Fsp3) is 0.650. The van der Waals surface area contributed by atoms with Gasteiger partial charge in [-0.2, -0.15) is 0 Å². The second kappa shape index (κ2) is 9.88. The Bertz CT molecular complexity index is 598. The number of likely N-dealkylation sites (tertiary alicyclic amines) is 1. The first-order valence-electron chi connectivity index (χ1n) is 9.58. The van der Waals surface area contributed by atoms with Crippen LogP contribution >= 0.6 is 24.0 Å². The van der Waals surface area contributed by atoms with E-state index in [1.807, 2.05) is 12.1 Å². The van der Waals surface area contributed by atoms with Gasteiger partial charge in [-0.25, -0.2) is 4.39 Å². The Morgan fingerprint density at radius 3 is 2.54 bits per heavy atom. The molecule has 0 amide bonds. The summed E-state index contributed by atoms with van der Waals surface area (Å²) in [6.07, 6.45) is 4.48. The van der Waals surface area contributed by atoms with Crippen molar-refractivity contribution >= 4 is 29.9 Å². The Morgan fingerprint density at radius 1 is 1.27 bits per heavy atom. The molecular weight excluding hydrogens is 444 g/mol. The molecular formula is C20H31FIN3O. The lowest BCUT2D eigenvalue weighted by atomic mass is 9.95. The van der Waals surface area contributed by atoms with E-state index in [1.165, 1.54) is 0 Å². The molecule has 0 aromatic heterocycles. The number of nitrogens with one attached hydrogen (secondary N) is 1. The maximum Gasteiger partial charge on any atom is 0.193 e. The third kappa shape index (κ3) is 5.09. The highest BCUT2D eigenvalue weighted by atomic mass is 127. The minimum Gasteiger partial charge on any atom is -0.378 e. The molecule has 1 aliphatic carbocycles. The molecule has 1 aromatic rings. The van der Waals surface area contributed by atoms with E-state index < -0.39 is 0 Å². The summed E-state index contributed by atoms with van der Waals surface area (Å²) in [4.78, 5) is 7.20. The van der Waals surface area contributed by atoms with E-state index in [9.17, 15) is 4.39 Å². The van der Waals surface area contributed by atoms with E-state index in [1.54, 1.807) is 12.1 Å². The van der Waals surface area contributed by atoms with Crippen molar-refractivity contribution in [1.82, 2.24) is 10.2 Å². The molecule has 1 heterocycles. The van der Waals surface area contributed by atoms with E-state index in [0.29, 0.717) is 12.6 Å². The fourth-order valence-electron chi connectivity index (χ4n) is 3.68. The first-order chi connectivity index (χ1) is 12.2. The largest absolute Gasteiger partial charge is 0.378 e. The highest BCUT2D eigenvalue weighted by Crippen LogP contribution is 2.49. The molecule has 1 aliphatic heterocycles. The van der Waals surface area contributed by atoms with Gasteiger partial charge in [-0.05, 0) is 51.2 Å². The Kier molecular flexibility index (Phi) is 8.13. The van der Waals surface area contributed by atoms with Crippen LogP contribution in [-0.4, -0.2) is 49.7 Å². The number of benzene rings is 1. The molecule has 1 N–H and O–H groups in total. The number of ether oxygens (including phenoxy) is 1. The summed E-state index contributed by atoms with van der Waals surface area (Å²) in [5, 5.41) is 3.41. The van der Waals surface area contributed by atoms with E-state index in [2.05, 4.69) is 24.1 Å². The zero-order chi connectivity index (χ0) is 17.7. The second-order valence-electron chi connectivity index (χ2n) is 7.07. The lowest BCUT2D eigenvalue weighted by Gasteiger charge is -2.34. The van der Waals surface area contributed by atoms with Crippen LogP contribution in [0.5, 0.6) is 0 Å². The standard InChI is InChI=1S/C20H30FN3O.HI/c1-3-22-19(24-13-9-16(10-14-24)25-4-2)23-15-20(11-12-20)17-7-5-6-8-18(17)21;/h5-8,16H,3-4,9-15H2,1-2H3,(H,22,23);1H. The van der Waals surface area contributed by atoms with Crippen molar-refractivity contribution in [2.24, 2.45) is 4.99 Å². The molecule has 6 heteroatoms. The summed E-state index contributed by atoms with van der Waals surface area (Å²) in [6.45, 7) is 8.34. The van der Waals surface area contributed by atoms with Crippen molar-refractivity contribution in [3.63, 3.8) is 0 Å². The number of aliphatic imine (C=N–C) groups is 1. The number of hydrogen-bond acceptors (Lipinski definition) is 2. The molecule has 146 valence electrons. The predicted molar refractivity (Wildman–Crippen MR) is 115 cm³/mol. The molecule has 0 atom stereocenters. The zero-order valence-electron chi connectivity index (χ0n) is 15.8. The monoisotopic (exact) mass is 475 g/mol. The Morgan fingerprint density at radius 2 is 1.96 bits per heavy atom. The van der Waals surface area contributed by atoms with Crippen molar-refractivity contribution in [3.05, 3.63) is 35.6 Å². The highest BCUT2D eigenvalue weighted by molar-refractivity contribution is 14.0. The first-order valence-corrected chi connectivity index (χ1v) is 9.58. The van der Waals surface area contributed by atoms with Crippen LogP contribution in [0, 0.1) is 5.82 Å². The van der Waals surface area contributed by atoms with Crippen molar-refractivity contribution in [1.29, 1.82) is 0 Å². The molecule has 26 heavy (non-hydrogen) atoms. The SMILES string of the molecule is CCNC(=NCC1(c2ccccc2F)CC1)N1CCC(OCC)CC1.I. The molecule has 0 bridgehead atoms. The van der Waals surface area contributed by atoms with E-state index in [0.717, 1.165) is 63.4 Å². The smallest absolute Gasteiger partial charge is 0.193 e. The van der Waals surface area contributed by atoms with Crippen LogP contribution in [0.25, 0.3) is 0 Å². The number of hydrogen-bond donors (Lipinski definition) is 1. The Hall–Kier alpha value is -0.890. The number of rotatable bonds is 6. The van der Waals surface area contributed by atoms with Crippen molar-refractivity contribution in [2.75, 3.05) is 32.8 Å².